The molecule has 1 atom stereocenters. The molecule has 0 aliphatic heterocycles. The first kappa shape index (κ1) is 25.1. The highest BCUT2D eigenvalue weighted by atomic mass is 127. The Morgan fingerprint density at radius 3 is 2.60 bits per heavy atom. The van der Waals surface area contributed by atoms with E-state index in [2.05, 4.69) is 26.9 Å². The number of hydrogen-bond donors (Lipinski definition) is 3. The number of carbonyl (C=O) groups is 1. The molecule has 1 amide bonds. The lowest BCUT2D eigenvalue weighted by atomic mass is 10.2. The van der Waals surface area contributed by atoms with Gasteiger partial charge < -0.3 is 25.4 Å². The van der Waals surface area contributed by atoms with Gasteiger partial charge >= 0.3 is 0 Å². The molecule has 0 aliphatic rings. The minimum Gasteiger partial charge on any atom is -0.497 e. The summed E-state index contributed by atoms with van der Waals surface area (Å²) in [5, 5.41) is 8.89. The summed E-state index contributed by atoms with van der Waals surface area (Å²) in [7, 11) is 3.25. The molecule has 0 fully saturated rings. The largest absolute Gasteiger partial charge is 0.497 e. The highest BCUT2D eigenvalue weighted by molar-refractivity contribution is 14.0. The summed E-state index contributed by atoms with van der Waals surface area (Å²) in [4.78, 5) is 16.2. The Balaban J connectivity index is 0.00000450. The fourth-order valence-corrected chi connectivity index (χ4v) is 2.47. The number of carbonyl (C=O) groups excluding carboxylic acids is 1. The van der Waals surface area contributed by atoms with Crippen LogP contribution in [0.25, 0.3) is 0 Å². The van der Waals surface area contributed by atoms with Crippen LogP contribution in [0.15, 0.2) is 53.5 Å². The quantitative estimate of drug-likeness (QED) is 0.215. The van der Waals surface area contributed by atoms with Gasteiger partial charge in [-0.3, -0.25) is 9.79 Å². The molecule has 7 nitrogen and oxygen atoms in total. The molecule has 0 bridgehead atoms. The fourth-order valence-electron chi connectivity index (χ4n) is 2.47. The van der Waals surface area contributed by atoms with Crippen molar-refractivity contribution < 1.29 is 14.3 Å². The van der Waals surface area contributed by atoms with Gasteiger partial charge in [0.05, 0.1) is 20.2 Å². The molecular weight excluding hydrogens is 495 g/mol. The summed E-state index contributed by atoms with van der Waals surface area (Å²) < 4.78 is 11.0. The van der Waals surface area contributed by atoms with Gasteiger partial charge in [-0.15, -0.1) is 30.4 Å². The number of hydrogen-bond acceptors (Lipinski definition) is 4. The predicted octanol–water partition coefficient (Wildman–Crippen LogP) is 2.87. The zero-order chi connectivity index (χ0) is 21.1. The van der Waals surface area contributed by atoms with Gasteiger partial charge in [0.2, 0.25) is 5.91 Å². The fraction of sp³-hybridized carbons (Fsp3) is 0.273. The standard InChI is InChI=1S/C22H26N4O3.HI/c1-5-17-8-6-9-18(12-17)26-21(27)15-25-22(23-3)24-14-16(2)29-20-11-7-10-19(13-20)28-4;/h1,6-13,16H,14-15H2,2-4H3,(H,26,27)(H2,23,24,25);1H. The number of benzene rings is 2. The van der Waals surface area contributed by atoms with Gasteiger partial charge in [-0.2, -0.15) is 0 Å². The minimum absolute atomic E-state index is 0. The number of aliphatic imine (C=N–C) groups is 1. The second-order valence-corrected chi connectivity index (χ2v) is 6.19. The summed E-state index contributed by atoms with van der Waals surface area (Å²) in [5.41, 5.74) is 1.36. The van der Waals surface area contributed by atoms with Gasteiger partial charge in [0.1, 0.15) is 17.6 Å². The summed E-state index contributed by atoms with van der Waals surface area (Å²) in [6.45, 7) is 2.50. The molecule has 0 aromatic heterocycles. The van der Waals surface area contributed by atoms with Gasteiger partial charge in [-0.25, -0.2) is 0 Å². The van der Waals surface area contributed by atoms with Crippen molar-refractivity contribution in [2.75, 3.05) is 32.6 Å². The Morgan fingerprint density at radius 2 is 1.90 bits per heavy atom. The van der Waals surface area contributed by atoms with E-state index in [-0.39, 0.29) is 42.5 Å². The topological polar surface area (TPSA) is 84.0 Å². The third-order valence-corrected chi connectivity index (χ3v) is 3.89. The number of anilines is 1. The van der Waals surface area contributed by atoms with Crippen LogP contribution in [-0.2, 0) is 4.79 Å². The molecule has 30 heavy (non-hydrogen) atoms. The number of amides is 1. The molecule has 0 spiro atoms. The summed E-state index contributed by atoms with van der Waals surface area (Å²) >= 11 is 0. The first-order chi connectivity index (χ1) is 14.0. The van der Waals surface area contributed by atoms with Crippen molar-refractivity contribution in [2.24, 2.45) is 4.99 Å². The zero-order valence-electron chi connectivity index (χ0n) is 17.3. The number of terminal acetylenes is 1. The molecule has 8 heteroatoms. The summed E-state index contributed by atoms with van der Waals surface area (Å²) in [5.74, 6) is 4.28. The van der Waals surface area contributed by atoms with Gasteiger partial charge in [0.15, 0.2) is 5.96 Å². The molecule has 2 aromatic carbocycles. The van der Waals surface area contributed by atoms with E-state index in [0.29, 0.717) is 23.8 Å². The number of guanidine groups is 1. The maximum absolute atomic E-state index is 12.1. The molecule has 0 heterocycles. The minimum atomic E-state index is -0.206. The highest BCUT2D eigenvalue weighted by Crippen LogP contribution is 2.19. The van der Waals surface area contributed by atoms with Crippen LogP contribution >= 0.6 is 24.0 Å². The van der Waals surface area contributed by atoms with Crippen molar-refractivity contribution in [1.29, 1.82) is 0 Å². The average molecular weight is 522 g/mol. The Bertz CT molecular complexity index is 896. The first-order valence-electron chi connectivity index (χ1n) is 9.15. The van der Waals surface area contributed by atoms with Crippen molar-refractivity contribution >= 4 is 41.5 Å². The van der Waals surface area contributed by atoms with Gasteiger partial charge in [0.25, 0.3) is 0 Å². The third-order valence-electron chi connectivity index (χ3n) is 3.89. The molecule has 160 valence electrons. The maximum Gasteiger partial charge on any atom is 0.243 e. The number of nitrogens with one attached hydrogen (secondary N) is 3. The van der Waals surface area contributed by atoms with E-state index in [0.717, 1.165) is 11.5 Å². The van der Waals surface area contributed by atoms with Crippen LogP contribution in [0.2, 0.25) is 0 Å². The summed E-state index contributed by atoms with van der Waals surface area (Å²) in [6, 6.07) is 14.5. The van der Waals surface area contributed by atoms with Crippen molar-refractivity contribution in [3.05, 3.63) is 54.1 Å². The highest BCUT2D eigenvalue weighted by Gasteiger charge is 2.08. The van der Waals surface area contributed by atoms with Crippen LogP contribution in [0, 0.1) is 12.3 Å². The number of halogens is 1. The normalized spacial score (nSPS) is 11.3. The van der Waals surface area contributed by atoms with E-state index < -0.39 is 0 Å². The summed E-state index contributed by atoms with van der Waals surface area (Å²) in [6.07, 6.45) is 5.25. The second kappa shape index (κ2) is 13.3. The lowest BCUT2D eigenvalue weighted by Gasteiger charge is -2.18. The lowest BCUT2D eigenvalue weighted by molar-refractivity contribution is -0.115. The van der Waals surface area contributed by atoms with E-state index in [1.54, 1.807) is 38.4 Å². The Hall–Kier alpha value is -2.93. The Labute approximate surface area is 194 Å². The Morgan fingerprint density at radius 1 is 1.17 bits per heavy atom. The number of ether oxygens (including phenoxy) is 2. The number of rotatable bonds is 8. The molecular formula is C22H27IN4O3. The van der Waals surface area contributed by atoms with E-state index in [1.807, 2.05) is 31.2 Å². The maximum atomic E-state index is 12.1. The first-order valence-corrected chi connectivity index (χ1v) is 9.15. The Kier molecular flexibility index (Phi) is 11.1. The second-order valence-electron chi connectivity index (χ2n) is 6.19. The van der Waals surface area contributed by atoms with Crippen molar-refractivity contribution in [3.8, 4) is 23.8 Å². The molecule has 3 N–H and O–H groups in total. The van der Waals surface area contributed by atoms with Crippen LogP contribution in [-0.4, -0.2) is 45.2 Å². The van der Waals surface area contributed by atoms with E-state index in [9.17, 15) is 4.79 Å². The molecule has 1 unspecified atom stereocenters. The molecule has 2 aromatic rings. The van der Waals surface area contributed by atoms with Crippen molar-refractivity contribution in [1.82, 2.24) is 10.6 Å². The predicted molar refractivity (Wildman–Crippen MR) is 131 cm³/mol. The van der Waals surface area contributed by atoms with Crippen LogP contribution in [0.5, 0.6) is 11.5 Å². The average Bonchev–Trinajstić information content (AvgIpc) is 2.74. The SMILES string of the molecule is C#Cc1cccc(NC(=O)CNC(=NC)NCC(C)Oc2cccc(OC)c2)c1.I. The molecule has 0 saturated carbocycles. The van der Waals surface area contributed by atoms with Gasteiger partial charge in [0, 0.05) is 24.4 Å². The third kappa shape index (κ3) is 8.61. The van der Waals surface area contributed by atoms with Gasteiger partial charge in [-0.1, -0.05) is 18.1 Å². The van der Waals surface area contributed by atoms with Crippen molar-refractivity contribution in [2.45, 2.75) is 13.0 Å². The smallest absolute Gasteiger partial charge is 0.243 e. The lowest BCUT2D eigenvalue weighted by Crippen LogP contribution is -2.44. The van der Waals surface area contributed by atoms with Gasteiger partial charge in [-0.05, 0) is 37.3 Å². The molecule has 2 rings (SSSR count). The number of methoxy groups -OCH3 is 1. The monoisotopic (exact) mass is 522 g/mol. The van der Waals surface area contributed by atoms with Crippen molar-refractivity contribution in [3.63, 3.8) is 0 Å². The van der Waals surface area contributed by atoms with E-state index in [1.165, 1.54) is 0 Å². The zero-order valence-corrected chi connectivity index (χ0v) is 19.6. The van der Waals surface area contributed by atoms with E-state index in [4.69, 9.17) is 15.9 Å². The van der Waals surface area contributed by atoms with E-state index >= 15 is 0 Å². The molecule has 0 aliphatic carbocycles. The molecule has 0 radical (unpaired) electrons. The van der Waals surface area contributed by atoms with Crippen LogP contribution in [0.4, 0.5) is 5.69 Å². The molecule has 0 saturated heterocycles. The van der Waals surface area contributed by atoms with Crippen LogP contribution in [0.3, 0.4) is 0 Å². The van der Waals surface area contributed by atoms with Crippen LogP contribution in [0.1, 0.15) is 12.5 Å². The number of nitrogens with zero attached hydrogens (tertiary/aromatic N) is 1. The van der Waals surface area contributed by atoms with Crippen LogP contribution < -0.4 is 25.4 Å².